The summed E-state index contributed by atoms with van der Waals surface area (Å²) in [5, 5.41) is 3.43. The molecule has 0 radical (unpaired) electrons. The summed E-state index contributed by atoms with van der Waals surface area (Å²) >= 11 is 0. The highest BCUT2D eigenvalue weighted by molar-refractivity contribution is 4.81. The van der Waals surface area contributed by atoms with Crippen molar-refractivity contribution in [1.82, 2.24) is 5.32 Å². The van der Waals surface area contributed by atoms with Gasteiger partial charge in [0.15, 0.2) is 0 Å². The predicted molar refractivity (Wildman–Crippen MR) is 85.1 cm³/mol. The van der Waals surface area contributed by atoms with E-state index in [2.05, 4.69) is 26.1 Å². The molecule has 1 aliphatic rings. The third-order valence-electron chi connectivity index (χ3n) is 4.42. The SMILES string of the molecule is CCOCCCNCCOC1CC(C)CCC1C(C)C. The smallest absolute Gasteiger partial charge is 0.0608 e. The zero-order chi connectivity index (χ0) is 14.8. The van der Waals surface area contributed by atoms with E-state index in [-0.39, 0.29) is 0 Å². The number of ether oxygens (including phenoxy) is 2. The van der Waals surface area contributed by atoms with Crippen molar-refractivity contribution >= 4 is 0 Å². The van der Waals surface area contributed by atoms with Gasteiger partial charge in [-0.3, -0.25) is 0 Å². The zero-order valence-electron chi connectivity index (χ0n) is 14.0. The van der Waals surface area contributed by atoms with Gasteiger partial charge in [-0.2, -0.15) is 0 Å². The molecule has 0 saturated heterocycles. The van der Waals surface area contributed by atoms with Crippen molar-refractivity contribution < 1.29 is 9.47 Å². The minimum atomic E-state index is 0.476. The van der Waals surface area contributed by atoms with Crippen LogP contribution in [0.5, 0.6) is 0 Å². The Morgan fingerprint density at radius 2 is 1.95 bits per heavy atom. The fourth-order valence-electron chi connectivity index (χ4n) is 3.16. The maximum atomic E-state index is 6.16. The van der Waals surface area contributed by atoms with E-state index in [1.165, 1.54) is 19.3 Å². The lowest BCUT2D eigenvalue weighted by Gasteiger charge is -2.37. The molecule has 0 amide bonds. The van der Waals surface area contributed by atoms with Gasteiger partial charge in [0.05, 0.1) is 12.7 Å². The summed E-state index contributed by atoms with van der Waals surface area (Å²) in [7, 11) is 0. The summed E-state index contributed by atoms with van der Waals surface area (Å²) in [5.41, 5.74) is 0. The van der Waals surface area contributed by atoms with Crippen LogP contribution in [0.1, 0.15) is 53.4 Å². The van der Waals surface area contributed by atoms with Crippen LogP contribution >= 0.6 is 0 Å². The monoisotopic (exact) mass is 285 g/mol. The minimum absolute atomic E-state index is 0.476. The minimum Gasteiger partial charge on any atom is -0.382 e. The second kappa shape index (κ2) is 10.6. The van der Waals surface area contributed by atoms with Crippen LogP contribution in [0.25, 0.3) is 0 Å². The third kappa shape index (κ3) is 7.05. The molecule has 0 spiro atoms. The molecule has 0 aromatic rings. The molecule has 1 saturated carbocycles. The van der Waals surface area contributed by atoms with Gasteiger partial charge in [0.1, 0.15) is 0 Å². The molecule has 0 heterocycles. The van der Waals surface area contributed by atoms with Gasteiger partial charge in [-0.15, -0.1) is 0 Å². The fraction of sp³-hybridized carbons (Fsp3) is 1.00. The zero-order valence-corrected chi connectivity index (χ0v) is 14.0. The van der Waals surface area contributed by atoms with E-state index in [1.54, 1.807) is 0 Å². The average Bonchev–Trinajstić information content (AvgIpc) is 2.41. The number of nitrogens with one attached hydrogen (secondary N) is 1. The first-order valence-corrected chi connectivity index (χ1v) is 8.55. The summed E-state index contributed by atoms with van der Waals surface area (Å²) in [6.07, 6.45) is 5.52. The average molecular weight is 285 g/mol. The lowest BCUT2D eigenvalue weighted by atomic mass is 9.75. The molecule has 0 bridgehead atoms. The normalized spacial score (nSPS) is 27.1. The molecule has 3 heteroatoms. The molecule has 3 nitrogen and oxygen atoms in total. The lowest BCUT2D eigenvalue weighted by Crippen LogP contribution is -2.36. The molecule has 0 aromatic heterocycles. The standard InChI is InChI=1S/C17H35NO2/c1-5-19-11-6-9-18-10-12-20-17-13-15(4)7-8-16(17)14(2)3/h14-18H,5-13H2,1-4H3. The van der Waals surface area contributed by atoms with Crippen LogP contribution in [-0.4, -0.2) is 39.0 Å². The van der Waals surface area contributed by atoms with Crippen molar-refractivity contribution in [3.8, 4) is 0 Å². The van der Waals surface area contributed by atoms with Crippen LogP contribution in [0.3, 0.4) is 0 Å². The maximum Gasteiger partial charge on any atom is 0.0608 e. The first kappa shape index (κ1) is 17.9. The Morgan fingerprint density at radius 3 is 2.65 bits per heavy atom. The molecule has 1 aliphatic carbocycles. The van der Waals surface area contributed by atoms with Gasteiger partial charge >= 0.3 is 0 Å². The Hall–Kier alpha value is -0.120. The van der Waals surface area contributed by atoms with E-state index in [4.69, 9.17) is 9.47 Å². The fourth-order valence-corrected chi connectivity index (χ4v) is 3.16. The topological polar surface area (TPSA) is 30.5 Å². The van der Waals surface area contributed by atoms with E-state index in [1.807, 2.05) is 6.92 Å². The summed E-state index contributed by atoms with van der Waals surface area (Å²) in [6, 6.07) is 0. The van der Waals surface area contributed by atoms with Gasteiger partial charge in [0.2, 0.25) is 0 Å². The maximum absolute atomic E-state index is 6.16. The third-order valence-corrected chi connectivity index (χ3v) is 4.42. The molecule has 0 aliphatic heterocycles. The van der Waals surface area contributed by atoms with Gasteiger partial charge in [-0.1, -0.05) is 27.2 Å². The van der Waals surface area contributed by atoms with E-state index >= 15 is 0 Å². The Labute approximate surface area is 125 Å². The van der Waals surface area contributed by atoms with Gasteiger partial charge < -0.3 is 14.8 Å². The van der Waals surface area contributed by atoms with Crippen molar-refractivity contribution in [2.24, 2.45) is 17.8 Å². The number of hydrogen-bond donors (Lipinski definition) is 1. The Kier molecular flexibility index (Phi) is 9.49. The second-order valence-electron chi connectivity index (χ2n) is 6.54. The molecular formula is C17H35NO2. The Bertz CT molecular complexity index is 233. The molecule has 1 N–H and O–H groups in total. The van der Waals surface area contributed by atoms with Crippen LogP contribution < -0.4 is 5.32 Å². The van der Waals surface area contributed by atoms with Crippen molar-refractivity contribution in [2.75, 3.05) is 32.9 Å². The molecule has 3 atom stereocenters. The first-order valence-electron chi connectivity index (χ1n) is 8.55. The van der Waals surface area contributed by atoms with Crippen molar-refractivity contribution in [1.29, 1.82) is 0 Å². The van der Waals surface area contributed by atoms with E-state index in [0.29, 0.717) is 6.10 Å². The summed E-state index contributed by atoms with van der Waals surface area (Å²) < 4.78 is 11.5. The largest absolute Gasteiger partial charge is 0.382 e. The highest BCUT2D eigenvalue weighted by atomic mass is 16.5. The first-order chi connectivity index (χ1) is 9.65. The molecule has 20 heavy (non-hydrogen) atoms. The van der Waals surface area contributed by atoms with E-state index in [9.17, 15) is 0 Å². The highest BCUT2D eigenvalue weighted by Crippen LogP contribution is 2.35. The van der Waals surface area contributed by atoms with Crippen LogP contribution in [0.2, 0.25) is 0 Å². The molecule has 1 rings (SSSR count). The molecule has 1 fully saturated rings. The van der Waals surface area contributed by atoms with Crippen molar-refractivity contribution in [2.45, 2.75) is 59.5 Å². The quantitative estimate of drug-likeness (QED) is 0.623. The highest BCUT2D eigenvalue weighted by Gasteiger charge is 2.31. The number of rotatable bonds is 10. The Morgan fingerprint density at radius 1 is 1.15 bits per heavy atom. The molecule has 0 aromatic carbocycles. The van der Waals surface area contributed by atoms with Gasteiger partial charge in [-0.05, 0) is 50.5 Å². The van der Waals surface area contributed by atoms with Crippen molar-refractivity contribution in [3.63, 3.8) is 0 Å². The van der Waals surface area contributed by atoms with Gasteiger partial charge in [0, 0.05) is 19.8 Å². The second-order valence-corrected chi connectivity index (χ2v) is 6.54. The van der Waals surface area contributed by atoms with Crippen LogP contribution in [0.15, 0.2) is 0 Å². The summed E-state index contributed by atoms with van der Waals surface area (Å²) in [5.74, 6) is 2.32. The lowest BCUT2D eigenvalue weighted by molar-refractivity contribution is -0.0367. The summed E-state index contributed by atoms with van der Waals surface area (Å²) in [4.78, 5) is 0. The number of hydrogen-bond acceptors (Lipinski definition) is 3. The molecule has 120 valence electrons. The van der Waals surface area contributed by atoms with Crippen LogP contribution in [-0.2, 0) is 9.47 Å². The van der Waals surface area contributed by atoms with Gasteiger partial charge in [0.25, 0.3) is 0 Å². The summed E-state index contributed by atoms with van der Waals surface area (Å²) in [6.45, 7) is 13.6. The van der Waals surface area contributed by atoms with E-state index in [0.717, 1.165) is 57.1 Å². The van der Waals surface area contributed by atoms with Crippen molar-refractivity contribution in [3.05, 3.63) is 0 Å². The Balaban J connectivity index is 2.09. The van der Waals surface area contributed by atoms with Crippen LogP contribution in [0.4, 0.5) is 0 Å². The van der Waals surface area contributed by atoms with Gasteiger partial charge in [-0.25, -0.2) is 0 Å². The molecule has 3 unspecified atom stereocenters. The van der Waals surface area contributed by atoms with E-state index < -0.39 is 0 Å². The molecular weight excluding hydrogens is 250 g/mol. The van der Waals surface area contributed by atoms with Crippen LogP contribution in [0, 0.1) is 17.8 Å². The predicted octanol–water partition coefficient (Wildman–Crippen LogP) is 3.48.